The van der Waals surface area contributed by atoms with E-state index >= 15 is 0 Å². The summed E-state index contributed by atoms with van der Waals surface area (Å²) in [5.74, 6) is 5.81. The molecule has 0 unspecified atom stereocenters. The van der Waals surface area contributed by atoms with Gasteiger partial charge in [-0.05, 0) is 6.92 Å². The van der Waals surface area contributed by atoms with Crippen LogP contribution in [0.5, 0.6) is 0 Å². The Kier molecular flexibility index (Phi) is 6.17. The quantitative estimate of drug-likeness (QED) is 0.381. The Balaban J connectivity index is 2.78. The zero-order valence-corrected chi connectivity index (χ0v) is 11.6. The van der Waals surface area contributed by atoms with Gasteiger partial charge >= 0.3 is 0 Å². The van der Waals surface area contributed by atoms with Crippen molar-refractivity contribution in [2.75, 3.05) is 25.2 Å². The summed E-state index contributed by atoms with van der Waals surface area (Å²) in [6.07, 6.45) is 1.51. The van der Waals surface area contributed by atoms with Gasteiger partial charge in [-0.15, -0.1) is 0 Å². The van der Waals surface area contributed by atoms with Gasteiger partial charge < -0.3 is 15.5 Å². The van der Waals surface area contributed by atoms with Gasteiger partial charge in [0, 0.05) is 19.1 Å². The number of nitrogens with one attached hydrogen (secondary N) is 2. The Morgan fingerprint density at radius 2 is 2.26 bits per heavy atom. The van der Waals surface area contributed by atoms with Crippen LogP contribution in [-0.2, 0) is 4.74 Å². The molecule has 7 heteroatoms. The van der Waals surface area contributed by atoms with Crippen LogP contribution in [0.15, 0.2) is 6.20 Å². The van der Waals surface area contributed by atoms with Gasteiger partial charge in [0.25, 0.3) is 5.91 Å². The molecule has 106 valence electrons. The number of nitrogen functional groups attached to an aromatic ring is 1. The first kappa shape index (κ1) is 15.3. The Bertz CT molecular complexity index is 423. The molecule has 1 aromatic rings. The Morgan fingerprint density at radius 1 is 1.53 bits per heavy atom. The van der Waals surface area contributed by atoms with Crippen molar-refractivity contribution in [1.29, 1.82) is 0 Å². The zero-order valence-electron chi connectivity index (χ0n) is 11.6. The predicted octanol–water partition coefficient (Wildman–Crippen LogP) is 0.652. The van der Waals surface area contributed by atoms with Gasteiger partial charge in [0.2, 0.25) is 0 Å². The summed E-state index contributed by atoms with van der Waals surface area (Å²) in [7, 11) is 0. The van der Waals surface area contributed by atoms with Crippen molar-refractivity contribution in [3.63, 3.8) is 0 Å². The topological polar surface area (TPSA) is 102 Å². The van der Waals surface area contributed by atoms with E-state index in [4.69, 9.17) is 10.6 Å². The van der Waals surface area contributed by atoms with E-state index in [0.29, 0.717) is 31.3 Å². The van der Waals surface area contributed by atoms with Crippen molar-refractivity contribution in [1.82, 2.24) is 15.3 Å². The number of nitrogens with two attached hydrogens (primary N) is 1. The number of hydrazine groups is 1. The Labute approximate surface area is 112 Å². The average molecular weight is 267 g/mol. The van der Waals surface area contributed by atoms with Crippen LogP contribution in [0.1, 0.15) is 43.0 Å². The lowest BCUT2D eigenvalue weighted by molar-refractivity contribution is 0.0918. The summed E-state index contributed by atoms with van der Waals surface area (Å²) < 4.78 is 5.15. The number of aromatic nitrogens is 2. The van der Waals surface area contributed by atoms with Gasteiger partial charge in [-0.1, -0.05) is 13.8 Å². The molecule has 0 atom stereocenters. The lowest BCUT2D eigenvalue weighted by Gasteiger charge is -2.11. The van der Waals surface area contributed by atoms with E-state index in [1.54, 1.807) is 0 Å². The third-order valence-electron chi connectivity index (χ3n) is 2.43. The fraction of sp³-hybridized carbons (Fsp3) is 0.583. The minimum absolute atomic E-state index is 0.141. The predicted molar refractivity (Wildman–Crippen MR) is 72.8 cm³/mol. The van der Waals surface area contributed by atoms with Gasteiger partial charge in [-0.25, -0.2) is 9.97 Å². The molecule has 0 radical (unpaired) electrons. The van der Waals surface area contributed by atoms with Gasteiger partial charge in [0.15, 0.2) is 5.69 Å². The fourth-order valence-electron chi connectivity index (χ4n) is 1.42. The molecule has 4 N–H and O–H groups in total. The molecule has 0 fully saturated rings. The number of carbonyl (C=O) groups is 1. The lowest BCUT2D eigenvalue weighted by Crippen LogP contribution is -2.30. The highest BCUT2D eigenvalue weighted by Crippen LogP contribution is 2.15. The lowest BCUT2D eigenvalue weighted by atomic mass is 10.2. The Morgan fingerprint density at radius 3 is 2.84 bits per heavy atom. The van der Waals surface area contributed by atoms with Crippen LogP contribution in [0.25, 0.3) is 0 Å². The molecule has 0 aliphatic rings. The fourth-order valence-corrected chi connectivity index (χ4v) is 1.42. The summed E-state index contributed by atoms with van der Waals surface area (Å²) in [4.78, 5) is 20.4. The molecule has 0 aromatic carbocycles. The average Bonchev–Trinajstić information content (AvgIpc) is 2.42. The van der Waals surface area contributed by atoms with E-state index in [0.717, 1.165) is 0 Å². The van der Waals surface area contributed by atoms with Gasteiger partial charge in [-0.2, -0.15) is 0 Å². The normalized spacial score (nSPS) is 10.6. The molecular formula is C12H21N5O2. The number of hydrogen-bond donors (Lipinski definition) is 3. The molecule has 0 spiro atoms. The van der Waals surface area contributed by atoms with E-state index in [1.807, 2.05) is 20.8 Å². The smallest absolute Gasteiger partial charge is 0.272 e. The molecular weight excluding hydrogens is 246 g/mol. The summed E-state index contributed by atoms with van der Waals surface area (Å²) in [6, 6.07) is 0. The first-order chi connectivity index (χ1) is 9.10. The summed E-state index contributed by atoms with van der Waals surface area (Å²) in [5.41, 5.74) is 3.08. The second kappa shape index (κ2) is 7.65. The summed E-state index contributed by atoms with van der Waals surface area (Å²) >= 11 is 0. The minimum atomic E-state index is -0.294. The van der Waals surface area contributed by atoms with Crippen molar-refractivity contribution in [2.24, 2.45) is 5.84 Å². The maximum Gasteiger partial charge on any atom is 0.272 e. The van der Waals surface area contributed by atoms with E-state index < -0.39 is 0 Å². The zero-order chi connectivity index (χ0) is 14.3. The van der Waals surface area contributed by atoms with Gasteiger partial charge in [0.1, 0.15) is 5.82 Å². The number of amides is 1. The monoisotopic (exact) mass is 267 g/mol. The van der Waals surface area contributed by atoms with Crippen molar-refractivity contribution in [2.45, 2.75) is 26.7 Å². The molecule has 1 aromatic heterocycles. The number of nitrogens with zero attached hydrogens (tertiary/aromatic N) is 2. The molecule has 0 aliphatic heterocycles. The van der Waals surface area contributed by atoms with Crippen LogP contribution in [0, 0.1) is 0 Å². The van der Waals surface area contributed by atoms with E-state index in [2.05, 4.69) is 20.7 Å². The molecule has 1 amide bonds. The van der Waals surface area contributed by atoms with Gasteiger partial charge in [-0.3, -0.25) is 10.6 Å². The molecule has 1 heterocycles. The standard InChI is InChI=1S/C12H21N5O2/c1-4-19-6-5-14-12(18)10-9(17-13)7-15-11(16-10)8(2)3/h7-8,17H,4-6,13H2,1-3H3,(H,14,18). The highest BCUT2D eigenvalue weighted by molar-refractivity contribution is 5.97. The molecule has 7 nitrogen and oxygen atoms in total. The highest BCUT2D eigenvalue weighted by atomic mass is 16.5. The highest BCUT2D eigenvalue weighted by Gasteiger charge is 2.15. The third-order valence-corrected chi connectivity index (χ3v) is 2.43. The molecule has 19 heavy (non-hydrogen) atoms. The SMILES string of the molecule is CCOCCNC(=O)c1nc(C(C)C)ncc1NN. The maximum absolute atomic E-state index is 12.0. The van der Waals surface area contributed by atoms with Crippen molar-refractivity contribution >= 4 is 11.6 Å². The summed E-state index contributed by atoms with van der Waals surface area (Å²) in [6.45, 7) is 7.34. The number of carbonyl (C=O) groups excluding carboxylic acids is 1. The Hall–Kier alpha value is -1.73. The van der Waals surface area contributed by atoms with Gasteiger partial charge in [0.05, 0.1) is 18.5 Å². The largest absolute Gasteiger partial charge is 0.380 e. The molecule has 0 bridgehead atoms. The van der Waals surface area contributed by atoms with Crippen molar-refractivity contribution in [3.05, 3.63) is 17.7 Å². The van der Waals surface area contributed by atoms with Crippen LogP contribution < -0.4 is 16.6 Å². The van der Waals surface area contributed by atoms with E-state index in [-0.39, 0.29) is 17.5 Å². The second-order valence-corrected chi connectivity index (χ2v) is 4.24. The molecule has 1 rings (SSSR count). The number of rotatable bonds is 7. The first-order valence-electron chi connectivity index (χ1n) is 6.29. The van der Waals surface area contributed by atoms with Crippen LogP contribution in [0.2, 0.25) is 0 Å². The minimum Gasteiger partial charge on any atom is -0.380 e. The second-order valence-electron chi connectivity index (χ2n) is 4.24. The van der Waals surface area contributed by atoms with E-state index in [1.165, 1.54) is 6.20 Å². The third kappa shape index (κ3) is 4.46. The first-order valence-corrected chi connectivity index (χ1v) is 6.29. The number of hydrogen-bond acceptors (Lipinski definition) is 6. The number of anilines is 1. The molecule has 0 saturated heterocycles. The maximum atomic E-state index is 12.0. The molecule has 0 saturated carbocycles. The van der Waals surface area contributed by atoms with Crippen molar-refractivity contribution < 1.29 is 9.53 Å². The van der Waals surface area contributed by atoms with E-state index in [9.17, 15) is 4.79 Å². The molecule has 0 aliphatic carbocycles. The van der Waals surface area contributed by atoms with Crippen LogP contribution >= 0.6 is 0 Å². The van der Waals surface area contributed by atoms with Crippen LogP contribution in [-0.4, -0.2) is 35.6 Å². The van der Waals surface area contributed by atoms with Crippen molar-refractivity contribution in [3.8, 4) is 0 Å². The van der Waals surface area contributed by atoms with Crippen LogP contribution in [0.3, 0.4) is 0 Å². The summed E-state index contributed by atoms with van der Waals surface area (Å²) in [5, 5.41) is 2.72. The number of ether oxygens (including phenoxy) is 1. The van der Waals surface area contributed by atoms with Crippen LogP contribution in [0.4, 0.5) is 5.69 Å².